The Morgan fingerprint density at radius 2 is 2.42 bits per heavy atom. The van der Waals surface area contributed by atoms with Gasteiger partial charge < -0.3 is 16.0 Å². The van der Waals surface area contributed by atoms with Crippen LogP contribution < -0.4 is 11.1 Å². The van der Waals surface area contributed by atoms with Crippen LogP contribution in [0, 0.1) is 5.92 Å². The molecule has 1 fully saturated rings. The molecule has 1 aliphatic heterocycles. The second kappa shape index (κ2) is 6.50. The summed E-state index contributed by atoms with van der Waals surface area (Å²) in [5.41, 5.74) is 5.86. The Bertz CT molecular complexity index is 430. The first-order valence-electron chi connectivity index (χ1n) is 6.88. The molecule has 1 aromatic rings. The van der Waals surface area contributed by atoms with E-state index in [4.69, 9.17) is 5.73 Å². The highest BCUT2D eigenvalue weighted by molar-refractivity contribution is 7.10. The number of likely N-dealkylation sites (tertiary alicyclic amines) is 1. The van der Waals surface area contributed by atoms with E-state index < -0.39 is 0 Å². The topological polar surface area (TPSA) is 58.4 Å². The molecule has 1 atom stereocenters. The summed E-state index contributed by atoms with van der Waals surface area (Å²) in [6, 6.07) is 2.54. The van der Waals surface area contributed by atoms with E-state index in [0.29, 0.717) is 11.6 Å². The molecule has 19 heavy (non-hydrogen) atoms. The lowest BCUT2D eigenvalue weighted by atomic mass is 10.1. The quantitative estimate of drug-likeness (QED) is 0.834. The Labute approximate surface area is 119 Å². The third-order valence-corrected chi connectivity index (χ3v) is 4.65. The molecule has 1 saturated heterocycles. The van der Waals surface area contributed by atoms with Crippen molar-refractivity contribution in [2.75, 3.05) is 19.6 Å². The number of carbonyl (C=O) groups is 1. The maximum Gasteiger partial charge on any atom is 0.249 e. The Morgan fingerprint density at radius 3 is 3.00 bits per heavy atom. The van der Waals surface area contributed by atoms with E-state index >= 15 is 0 Å². The molecule has 4 nitrogen and oxygen atoms in total. The minimum absolute atomic E-state index is 0.342. The van der Waals surface area contributed by atoms with Crippen LogP contribution in [0.15, 0.2) is 11.4 Å². The molecular weight excluding hydrogens is 258 g/mol. The largest absolute Gasteiger partial charge is 0.366 e. The number of rotatable bonds is 6. The van der Waals surface area contributed by atoms with Gasteiger partial charge in [-0.25, -0.2) is 0 Å². The van der Waals surface area contributed by atoms with Crippen LogP contribution in [0.4, 0.5) is 0 Å². The lowest BCUT2D eigenvalue weighted by Gasteiger charge is -2.20. The molecule has 0 bridgehead atoms. The highest BCUT2D eigenvalue weighted by atomic mass is 32.1. The van der Waals surface area contributed by atoms with Crippen LogP contribution in [0.5, 0.6) is 0 Å². The van der Waals surface area contributed by atoms with Gasteiger partial charge in [-0.15, -0.1) is 11.3 Å². The smallest absolute Gasteiger partial charge is 0.249 e. The Balaban J connectivity index is 1.70. The van der Waals surface area contributed by atoms with Crippen LogP contribution in [0.25, 0.3) is 0 Å². The highest BCUT2D eigenvalue weighted by Crippen LogP contribution is 2.18. The van der Waals surface area contributed by atoms with Crippen molar-refractivity contribution in [1.82, 2.24) is 10.2 Å². The van der Waals surface area contributed by atoms with Crippen LogP contribution in [0.2, 0.25) is 0 Å². The van der Waals surface area contributed by atoms with E-state index in [1.165, 1.54) is 24.4 Å². The number of thiophene rings is 1. The normalized spacial score (nSPS) is 20.3. The number of nitrogens with two attached hydrogens (primary N) is 1. The molecule has 3 N–H and O–H groups in total. The Kier molecular flexibility index (Phi) is 4.96. The van der Waals surface area contributed by atoms with Gasteiger partial charge in [-0.1, -0.05) is 0 Å². The fraction of sp³-hybridized carbons (Fsp3) is 0.643. The second-order valence-corrected chi connectivity index (χ2v) is 6.54. The van der Waals surface area contributed by atoms with Gasteiger partial charge in [0.25, 0.3) is 0 Å². The maximum absolute atomic E-state index is 11.0. The minimum Gasteiger partial charge on any atom is -0.366 e. The van der Waals surface area contributed by atoms with Gasteiger partial charge in [0, 0.05) is 29.4 Å². The van der Waals surface area contributed by atoms with Gasteiger partial charge in [0.1, 0.15) is 0 Å². The number of hydrogen-bond acceptors (Lipinski definition) is 4. The summed E-state index contributed by atoms with van der Waals surface area (Å²) in [5, 5.41) is 5.32. The van der Waals surface area contributed by atoms with E-state index in [1.54, 1.807) is 11.3 Å². The van der Waals surface area contributed by atoms with Gasteiger partial charge in [0.05, 0.1) is 5.56 Å². The summed E-state index contributed by atoms with van der Waals surface area (Å²) in [6.45, 7) is 8.80. The predicted octanol–water partition coefficient (Wildman–Crippen LogP) is 1.67. The van der Waals surface area contributed by atoms with Crippen molar-refractivity contribution >= 4 is 17.2 Å². The summed E-state index contributed by atoms with van der Waals surface area (Å²) in [4.78, 5) is 14.7. The summed E-state index contributed by atoms with van der Waals surface area (Å²) in [7, 11) is 0. The maximum atomic E-state index is 11.0. The summed E-state index contributed by atoms with van der Waals surface area (Å²) in [5.74, 6) is 0.406. The number of nitrogens with one attached hydrogen (secondary N) is 1. The van der Waals surface area contributed by atoms with Gasteiger partial charge in [-0.3, -0.25) is 4.79 Å². The van der Waals surface area contributed by atoms with Crippen molar-refractivity contribution in [3.05, 3.63) is 21.9 Å². The monoisotopic (exact) mass is 281 g/mol. The van der Waals surface area contributed by atoms with Crippen molar-refractivity contribution in [3.8, 4) is 0 Å². The number of amides is 1. The van der Waals surface area contributed by atoms with Crippen LogP contribution in [0.1, 0.15) is 35.5 Å². The summed E-state index contributed by atoms with van der Waals surface area (Å²) >= 11 is 1.59. The zero-order valence-electron chi connectivity index (χ0n) is 11.7. The SMILES string of the molecule is CC(C)N1CCC(CNCc2cc(C(N)=O)cs2)C1. The van der Waals surface area contributed by atoms with E-state index in [0.717, 1.165) is 19.0 Å². The average Bonchev–Trinajstić information content (AvgIpc) is 2.97. The number of carbonyl (C=O) groups excluding carboxylic acids is 1. The third-order valence-electron chi connectivity index (χ3n) is 3.72. The predicted molar refractivity (Wildman–Crippen MR) is 79.4 cm³/mol. The lowest BCUT2D eigenvalue weighted by molar-refractivity contribution is 0.100. The van der Waals surface area contributed by atoms with E-state index in [2.05, 4.69) is 24.1 Å². The molecule has 0 radical (unpaired) electrons. The van der Waals surface area contributed by atoms with Crippen LogP contribution in [-0.2, 0) is 6.54 Å². The standard InChI is InChI=1S/C14H23N3OS/c1-10(2)17-4-3-11(8-17)6-16-7-13-5-12(9-19-13)14(15)18/h5,9-11,16H,3-4,6-8H2,1-2H3,(H2,15,18). The van der Waals surface area contributed by atoms with Crippen molar-refractivity contribution in [2.45, 2.75) is 32.9 Å². The van der Waals surface area contributed by atoms with Crippen LogP contribution in [-0.4, -0.2) is 36.5 Å². The van der Waals surface area contributed by atoms with Gasteiger partial charge in [-0.05, 0) is 45.3 Å². The molecule has 0 spiro atoms. The lowest BCUT2D eigenvalue weighted by Crippen LogP contribution is -2.30. The van der Waals surface area contributed by atoms with Crippen molar-refractivity contribution in [3.63, 3.8) is 0 Å². The zero-order valence-corrected chi connectivity index (χ0v) is 12.5. The Hall–Kier alpha value is -0.910. The van der Waals surface area contributed by atoms with Gasteiger partial charge >= 0.3 is 0 Å². The van der Waals surface area contributed by atoms with Gasteiger partial charge in [-0.2, -0.15) is 0 Å². The first kappa shape index (κ1) is 14.5. The Morgan fingerprint density at radius 1 is 1.63 bits per heavy atom. The fourth-order valence-corrected chi connectivity index (χ4v) is 3.34. The van der Waals surface area contributed by atoms with E-state index in [1.807, 2.05) is 11.4 Å². The first-order valence-corrected chi connectivity index (χ1v) is 7.76. The zero-order chi connectivity index (χ0) is 13.8. The molecule has 5 heteroatoms. The second-order valence-electron chi connectivity index (χ2n) is 5.54. The molecular formula is C14H23N3OS. The highest BCUT2D eigenvalue weighted by Gasteiger charge is 2.23. The minimum atomic E-state index is -0.342. The molecule has 1 amide bonds. The van der Waals surface area contributed by atoms with Crippen molar-refractivity contribution in [1.29, 1.82) is 0 Å². The summed E-state index contributed by atoms with van der Waals surface area (Å²) < 4.78 is 0. The number of nitrogens with zero attached hydrogens (tertiary/aromatic N) is 1. The first-order chi connectivity index (χ1) is 9.06. The van der Waals surface area contributed by atoms with Crippen LogP contribution >= 0.6 is 11.3 Å². The van der Waals surface area contributed by atoms with Gasteiger partial charge in [0.2, 0.25) is 5.91 Å². The molecule has 1 aliphatic rings. The third kappa shape index (κ3) is 4.03. The van der Waals surface area contributed by atoms with Crippen molar-refractivity contribution in [2.24, 2.45) is 11.7 Å². The molecule has 0 aromatic carbocycles. The molecule has 0 aliphatic carbocycles. The molecule has 2 rings (SSSR count). The number of hydrogen-bond donors (Lipinski definition) is 2. The van der Waals surface area contributed by atoms with Crippen molar-refractivity contribution < 1.29 is 4.79 Å². The summed E-state index contributed by atoms with van der Waals surface area (Å²) in [6.07, 6.45) is 1.28. The van der Waals surface area contributed by atoms with Crippen LogP contribution in [0.3, 0.4) is 0 Å². The molecule has 0 saturated carbocycles. The molecule has 2 heterocycles. The van der Waals surface area contributed by atoms with E-state index in [9.17, 15) is 4.79 Å². The molecule has 106 valence electrons. The average molecular weight is 281 g/mol. The molecule has 1 aromatic heterocycles. The fourth-order valence-electron chi connectivity index (χ4n) is 2.50. The van der Waals surface area contributed by atoms with E-state index in [-0.39, 0.29) is 5.91 Å². The number of primary amides is 1. The van der Waals surface area contributed by atoms with Gasteiger partial charge in [0.15, 0.2) is 0 Å². The molecule has 1 unspecified atom stereocenters.